The Hall–Kier alpha value is -1.44. The summed E-state index contributed by atoms with van der Waals surface area (Å²) in [5, 5.41) is 0. The van der Waals surface area contributed by atoms with Gasteiger partial charge < -0.3 is 9.47 Å². The predicted octanol–water partition coefficient (Wildman–Crippen LogP) is 3.00. The van der Waals surface area contributed by atoms with Crippen molar-refractivity contribution in [3.8, 4) is 11.5 Å². The van der Waals surface area contributed by atoms with Gasteiger partial charge in [-0.25, -0.2) is 0 Å². The van der Waals surface area contributed by atoms with E-state index in [2.05, 4.69) is 0 Å². The molecule has 0 bridgehead atoms. The molecule has 0 unspecified atom stereocenters. The molecule has 0 radical (unpaired) electrons. The molecule has 0 aromatic heterocycles. The van der Waals surface area contributed by atoms with E-state index in [1.165, 1.54) is 0 Å². The SMILES string of the molecule is C/C=C(/C)Oc1ccccc1OC. The Kier molecular flexibility index (Phi) is 3.38. The first kappa shape index (κ1) is 9.65. The molecule has 0 fully saturated rings. The number of allylic oxidation sites excluding steroid dienone is 2. The first-order valence-corrected chi connectivity index (χ1v) is 4.21. The Morgan fingerprint density at radius 3 is 2.38 bits per heavy atom. The summed E-state index contributed by atoms with van der Waals surface area (Å²) in [4.78, 5) is 0. The molecule has 0 saturated carbocycles. The topological polar surface area (TPSA) is 18.5 Å². The largest absolute Gasteiger partial charge is 0.493 e. The van der Waals surface area contributed by atoms with Crippen LogP contribution >= 0.6 is 0 Å². The van der Waals surface area contributed by atoms with Gasteiger partial charge >= 0.3 is 0 Å². The number of para-hydroxylation sites is 2. The molecule has 0 N–H and O–H groups in total. The van der Waals surface area contributed by atoms with Crippen LogP contribution in [0.1, 0.15) is 13.8 Å². The smallest absolute Gasteiger partial charge is 0.168 e. The Balaban J connectivity index is 2.87. The van der Waals surface area contributed by atoms with E-state index in [-0.39, 0.29) is 0 Å². The van der Waals surface area contributed by atoms with Crippen molar-refractivity contribution in [2.24, 2.45) is 0 Å². The lowest BCUT2D eigenvalue weighted by atomic mass is 10.3. The zero-order chi connectivity index (χ0) is 9.68. The zero-order valence-electron chi connectivity index (χ0n) is 8.20. The number of hydrogen-bond acceptors (Lipinski definition) is 2. The molecule has 0 heterocycles. The second-order valence-electron chi connectivity index (χ2n) is 2.65. The summed E-state index contributed by atoms with van der Waals surface area (Å²) < 4.78 is 10.7. The number of methoxy groups -OCH3 is 1. The highest BCUT2D eigenvalue weighted by Crippen LogP contribution is 2.27. The summed E-state index contributed by atoms with van der Waals surface area (Å²) in [6.07, 6.45) is 1.91. The zero-order valence-corrected chi connectivity index (χ0v) is 8.20. The molecule has 13 heavy (non-hydrogen) atoms. The van der Waals surface area contributed by atoms with Crippen LogP contribution in [0.3, 0.4) is 0 Å². The highest BCUT2D eigenvalue weighted by molar-refractivity contribution is 5.40. The molecule has 2 nitrogen and oxygen atoms in total. The maximum Gasteiger partial charge on any atom is 0.168 e. The van der Waals surface area contributed by atoms with Gasteiger partial charge in [-0.3, -0.25) is 0 Å². The summed E-state index contributed by atoms with van der Waals surface area (Å²) in [5.41, 5.74) is 0. The van der Waals surface area contributed by atoms with Crippen molar-refractivity contribution in [2.45, 2.75) is 13.8 Å². The van der Waals surface area contributed by atoms with E-state index in [9.17, 15) is 0 Å². The third-order valence-corrected chi connectivity index (χ3v) is 1.75. The molecule has 0 aliphatic carbocycles. The maximum atomic E-state index is 5.52. The van der Waals surface area contributed by atoms with Crippen molar-refractivity contribution in [1.29, 1.82) is 0 Å². The van der Waals surface area contributed by atoms with Gasteiger partial charge in [-0.2, -0.15) is 0 Å². The quantitative estimate of drug-likeness (QED) is 0.662. The first-order valence-electron chi connectivity index (χ1n) is 4.21. The molecule has 0 aliphatic rings. The molecule has 70 valence electrons. The Labute approximate surface area is 78.8 Å². The predicted molar refractivity (Wildman–Crippen MR) is 53.1 cm³/mol. The molecule has 1 aromatic rings. The van der Waals surface area contributed by atoms with Gasteiger partial charge in [0.05, 0.1) is 12.9 Å². The summed E-state index contributed by atoms with van der Waals surface area (Å²) >= 11 is 0. The van der Waals surface area contributed by atoms with Crippen LogP contribution < -0.4 is 9.47 Å². The van der Waals surface area contributed by atoms with Gasteiger partial charge in [0.1, 0.15) is 0 Å². The van der Waals surface area contributed by atoms with E-state index < -0.39 is 0 Å². The van der Waals surface area contributed by atoms with Gasteiger partial charge in [0.2, 0.25) is 0 Å². The molecular weight excluding hydrogens is 164 g/mol. The number of ether oxygens (including phenoxy) is 2. The van der Waals surface area contributed by atoms with Crippen LogP contribution in [0.25, 0.3) is 0 Å². The summed E-state index contributed by atoms with van der Waals surface area (Å²) in [7, 11) is 1.63. The van der Waals surface area contributed by atoms with Crippen molar-refractivity contribution < 1.29 is 9.47 Å². The molecule has 2 heteroatoms. The van der Waals surface area contributed by atoms with Gasteiger partial charge in [0.15, 0.2) is 11.5 Å². The maximum absolute atomic E-state index is 5.52. The van der Waals surface area contributed by atoms with E-state index in [0.717, 1.165) is 17.3 Å². The molecule has 1 rings (SSSR count). The standard InChI is InChI=1S/C11H14O2/c1-4-9(2)13-11-8-6-5-7-10(11)12-3/h4-8H,1-3H3/b9-4-. The molecule has 1 aromatic carbocycles. The van der Waals surface area contributed by atoms with E-state index in [1.807, 2.05) is 44.2 Å². The van der Waals surface area contributed by atoms with E-state index in [0.29, 0.717) is 0 Å². The fourth-order valence-corrected chi connectivity index (χ4v) is 0.935. The van der Waals surface area contributed by atoms with Gasteiger partial charge in [0.25, 0.3) is 0 Å². The lowest BCUT2D eigenvalue weighted by Crippen LogP contribution is -1.93. The average Bonchev–Trinajstić information content (AvgIpc) is 2.18. The van der Waals surface area contributed by atoms with Crippen LogP contribution in [0.4, 0.5) is 0 Å². The summed E-state index contributed by atoms with van der Waals surface area (Å²) in [6, 6.07) is 7.58. The molecule has 0 atom stereocenters. The van der Waals surface area contributed by atoms with Crippen LogP contribution in [0.2, 0.25) is 0 Å². The van der Waals surface area contributed by atoms with Gasteiger partial charge in [-0.15, -0.1) is 0 Å². The average molecular weight is 178 g/mol. The van der Waals surface area contributed by atoms with Gasteiger partial charge in [-0.05, 0) is 32.1 Å². The number of benzene rings is 1. The molecular formula is C11H14O2. The molecule has 0 aliphatic heterocycles. The van der Waals surface area contributed by atoms with Crippen LogP contribution in [-0.2, 0) is 0 Å². The van der Waals surface area contributed by atoms with Crippen LogP contribution in [0.15, 0.2) is 36.1 Å². The van der Waals surface area contributed by atoms with Crippen molar-refractivity contribution in [3.05, 3.63) is 36.1 Å². The fraction of sp³-hybridized carbons (Fsp3) is 0.273. The minimum atomic E-state index is 0.751. The summed E-state index contributed by atoms with van der Waals surface area (Å²) in [6.45, 7) is 3.84. The van der Waals surface area contributed by atoms with Crippen molar-refractivity contribution in [3.63, 3.8) is 0 Å². The second-order valence-corrected chi connectivity index (χ2v) is 2.65. The van der Waals surface area contributed by atoms with Crippen LogP contribution in [0, 0.1) is 0 Å². The van der Waals surface area contributed by atoms with Crippen LogP contribution in [-0.4, -0.2) is 7.11 Å². The molecule has 0 saturated heterocycles. The van der Waals surface area contributed by atoms with Crippen molar-refractivity contribution in [1.82, 2.24) is 0 Å². The highest BCUT2D eigenvalue weighted by Gasteiger charge is 2.01. The number of hydrogen-bond donors (Lipinski definition) is 0. The summed E-state index contributed by atoms with van der Waals surface area (Å²) in [5.74, 6) is 2.37. The minimum absolute atomic E-state index is 0.751. The van der Waals surface area contributed by atoms with Crippen LogP contribution in [0.5, 0.6) is 11.5 Å². The number of rotatable bonds is 3. The molecule has 0 spiro atoms. The van der Waals surface area contributed by atoms with E-state index in [1.54, 1.807) is 7.11 Å². The van der Waals surface area contributed by atoms with Gasteiger partial charge in [0, 0.05) is 0 Å². The third kappa shape index (κ3) is 2.51. The van der Waals surface area contributed by atoms with E-state index in [4.69, 9.17) is 9.47 Å². The normalized spacial score (nSPS) is 11.2. The Morgan fingerprint density at radius 1 is 1.23 bits per heavy atom. The first-order chi connectivity index (χ1) is 6.27. The fourth-order valence-electron chi connectivity index (χ4n) is 0.935. The second kappa shape index (κ2) is 4.55. The highest BCUT2D eigenvalue weighted by atomic mass is 16.5. The third-order valence-electron chi connectivity index (χ3n) is 1.75. The Morgan fingerprint density at radius 2 is 1.85 bits per heavy atom. The minimum Gasteiger partial charge on any atom is -0.493 e. The molecule has 0 amide bonds. The van der Waals surface area contributed by atoms with Gasteiger partial charge in [-0.1, -0.05) is 12.1 Å². The van der Waals surface area contributed by atoms with Crippen molar-refractivity contribution >= 4 is 0 Å². The Bertz CT molecular complexity index is 303. The lowest BCUT2D eigenvalue weighted by molar-refractivity contribution is 0.361. The lowest BCUT2D eigenvalue weighted by Gasteiger charge is -2.09. The monoisotopic (exact) mass is 178 g/mol. The van der Waals surface area contributed by atoms with Crippen molar-refractivity contribution in [2.75, 3.05) is 7.11 Å². The van der Waals surface area contributed by atoms with E-state index >= 15 is 0 Å².